The second-order valence-corrected chi connectivity index (χ2v) is 5.76. The second-order valence-electron chi connectivity index (χ2n) is 5.32. The van der Waals surface area contributed by atoms with Gasteiger partial charge in [0.25, 0.3) is 5.91 Å². The molecule has 0 heterocycles. The van der Waals surface area contributed by atoms with Crippen molar-refractivity contribution in [1.82, 2.24) is 0 Å². The fourth-order valence-electron chi connectivity index (χ4n) is 2.00. The molecule has 2 rings (SSSR count). The highest BCUT2D eigenvalue weighted by molar-refractivity contribution is 6.30. The molecule has 6 nitrogen and oxygen atoms in total. The molecule has 1 amide bonds. The molecule has 0 aromatic heterocycles. The van der Waals surface area contributed by atoms with Gasteiger partial charge in [0.15, 0.2) is 12.7 Å². The molecule has 0 aliphatic carbocycles. The molecule has 2 aromatic rings. The summed E-state index contributed by atoms with van der Waals surface area (Å²) in [5.74, 6) is 0.137. The lowest BCUT2D eigenvalue weighted by Crippen LogP contribution is -2.31. The number of hydrogen-bond donors (Lipinski definition) is 1. The van der Waals surface area contributed by atoms with Crippen LogP contribution in [0.15, 0.2) is 48.5 Å². The van der Waals surface area contributed by atoms with E-state index in [4.69, 9.17) is 25.8 Å². The summed E-state index contributed by atoms with van der Waals surface area (Å²) < 4.78 is 15.7. The van der Waals surface area contributed by atoms with E-state index < -0.39 is 18.0 Å². The number of benzene rings is 2. The average Bonchev–Trinajstić information content (AvgIpc) is 2.63. The van der Waals surface area contributed by atoms with Gasteiger partial charge in [-0.3, -0.25) is 4.79 Å². The van der Waals surface area contributed by atoms with Gasteiger partial charge in [-0.1, -0.05) is 11.6 Å². The van der Waals surface area contributed by atoms with E-state index in [0.717, 1.165) is 5.75 Å². The molecule has 0 fully saturated rings. The number of rotatable bonds is 8. The minimum absolute atomic E-state index is 0.299. The first-order chi connectivity index (χ1) is 12.5. The fourth-order valence-corrected chi connectivity index (χ4v) is 2.13. The largest absolute Gasteiger partial charge is 0.494 e. The molecule has 0 unspecified atom stereocenters. The molecule has 0 aliphatic heterocycles. The first-order valence-electron chi connectivity index (χ1n) is 8.09. The number of hydrogen-bond acceptors (Lipinski definition) is 5. The van der Waals surface area contributed by atoms with Crippen LogP contribution in [0.4, 0.5) is 5.69 Å². The Morgan fingerprint density at radius 3 is 2.15 bits per heavy atom. The third-order valence-electron chi connectivity index (χ3n) is 3.28. The van der Waals surface area contributed by atoms with E-state index in [1.54, 1.807) is 48.5 Å². The monoisotopic (exact) mass is 377 g/mol. The third-order valence-corrected chi connectivity index (χ3v) is 3.53. The van der Waals surface area contributed by atoms with Gasteiger partial charge in [-0.25, -0.2) is 4.79 Å². The molecule has 1 N–H and O–H groups in total. The quantitative estimate of drug-likeness (QED) is 0.710. The van der Waals surface area contributed by atoms with Gasteiger partial charge in [-0.2, -0.15) is 0 Å². The molecule has 0 bridgehead atoms. The number of ether oxygens (including phenoxy) is 3. The molecule has 0 saturated heterocycles. The number of carbonyl (C=O) groups excluding carboxylic acids is 2. The number of nitrogens with one attached hydrogen (secondary N) is 1. The summed E-state index contributed by atoms with van der Waals surface area (Å²) in [4.78, 5) is 23.9. The zero-order chi connectivity index (χ0) is 18.9. The van der Waals surface area contributed by atoms with Crippen molar-refractivity contribution in [1.29, 1.82) is 0 Å². The highest BCUT2D eigenvalue weighted by atomic mass is 35.5. The Bertz CT molecular complexity index is 731. The Hall–Kier alpha value is -2.73. The standard InChI is InChI=1S/C19H20ClNO5/c1-3-24-16-8-10-17(11-9-16)25-12-18(22)26-13(2)19(23)21-15-6-4-14(20)5-7-15/h4-11,13H,3,12H2,1-2H3,(H,21,23)/t13-/m0/s1. The summed E-state index contributed by atoms with van der Waals surface area (Å²) in [6, 6.07) is 13.5. The average molecular weight is 378 g/mol. The third kappa shape index (κ3) is 6.29. The number of carbonyl (C=O) groups is 2. The van der Waals surface area contributed by atoms with E-state index in [0.29, 0.717) is 23.1 Å². The van der Waals surface area contributed by atoms with Crippen LogP contribution in [0, 0.1) is 0 Å². The van der Waals surface area contributed by atoms with Crippen LogP contribution in [0.25, 0.3) is 0 Å². The van der Waals surface area contributed by atoms with E-state index in [-0.39, 0.29) is 6.61 Å². The first kappa shape index (κ1) is 19.6. The lowest BCUT2D eigenvalue weighted by molar-refractivity contribution is -0.155. The molecule has 0 spiro atoms. The number of halogens is 1. The van der Waals surface area contributed by atoms with Crippen molar-refractivity contribution in [2.24, 2.45) is 0 Å². The van der Waals surface area contributed by atoms with E-state index in [9.17, 15) is 9.59 Å². The van der Waals surface area contributed by atoms with Crippen molar-refractivity contribution in [3.05, 3.63) is 53.6 Å². The zero-order valence-electron chi connectivity index (χ0n) is 14.5. The Balaban J connectivity index is 1.77. The first-order valence-corrected chi connectivity index (χ1v) is 8.47. The molecule has 26 heavy (non-hydrogen) atoms. The van der Waals surface area contributed by atoms with Crippen molar-refractivity contribution < 1.29 is 23.8 Å². The van der Waals surface area contributed by atoms with Gasteiger partial charge in [-0.15, -0.1) is 0 Å². The Kier molecular flexibility index (Phi) is 7.29. The van der Waals surface area contributed by atoms with Crippen LogP contribution in [-0.4, -0.2) is 31.2 Å². The Labute approximate surface area is 157 Å². The topological polar surface area (TPSA) is 73.9 Å². The van der Waals surface area contributed by atoms with Gasteiger partial charge in [-0.05, 0) is 62.4 Å². The predicted molar refractivity (Wildman–Crippen MR) is 98.7 cm³/mol. The minimum Gasteiger partial charge on any atom is -0.494 e. The van der Waals surface area contributed by atoms with Gasteiger partial charge in [0.2, 0.25) is 0 Å². The van der Waals surface area contributed by atoms with Crippen LogP contribution in [0.1, 0.15) is 13.8 Å². The smallest absolute Gasteiger partial charge is 0.344 e. The van der Waals surface area contributed by atoms with Crippen molar-refractivity contribution >= 4 is 29.2 Å². The normalized spacial score (nSPS) is 11.3. The van der Waals surface area contributed by atoms with Crippen LogP contribution in [0.3, 0.4) is 0 Å². The molecule has 7 heteroatoms. The summed E-state index contributed by atoms with van der Waals surface area (Å²) in [7, 11) is 0. The summed E-state index contributed by atoms with van der Waals surface area (Å²) in [5, 5.41) is 3.20. The van der Waals surface area contributed by atoms with Gasteiger partial charge in [0.05, 0.1) is 6.61 Å². The highest BCUT2D eigenvalue weighted by Gasteiger charge is 2.18. The fraction of sp³-hybridized carbons (Fsp3) is 0.263. The lowest BCUT2D eigenvalue weighted by atomic mass is 10.3. The summed E-state index contributed by atoms with van der Waals surface area (Å²) in [5.41, 5.74) is 0.563. The number of amides is 1. The van der Waals surface area contributed by atoms with Crippen molar-refractivity contribution in [3.63, 3.8) is 0 Å². The highest BCUT2D eigenvalue weighted by Crippen LogP contribution is 2.17. The Morgan fingerprint density at radius 1 is 1.00 bits per heavy atom. The summed E-state index contributed by atoms with van der Waals surface area (Å²) in [6.07, 6.45) is -0.956. The second kappa shape index (κ2) is 9.68. The maximum absolute atomic E-state index is 12.0. The lowest BCUT2D eigenvalue weighted by Gasteiger charge is -2.14. The minimum atomic E-state index is -0.956. The van der Waals surface area contributed by atoms with Crippen molar-refractivity contribution in [3.8, 4) is 11.5 Å². The molecular formula is C19H20ClNO5. The summed E-state index contributed by atoms with van der Waals surface area (Å²) in [6.45, 7) is 3.65. The molecule has 138 valence electrons. The molecule has 1 atom stereocenters. The maximum atomic E-state index is 12.0. The van der Waals surface area contributed by atoms with E-state index in [1.807, 2.05) is 6.92 Å². The van der Waals surface area contributed by atoms with Crippen LogP contribution < -0.4 is 14.8 Å². The van der Waals surface area contributed by atoms with Crippen LogP contribution >= 0.6 is 11.6 Å². The van der Waals surface area contributed by atoms with E-state index >= 15 is 0 Å². The van der Waals surface area contributed by atoms with Crippen LogP contribution in [-0.2, 0) is 14.3 Å². The zero-order valence-corrected chi connectivity index (χ0v) is 15.3. The van der Waals surface area contributed by atoms with Gasteiger partial charge < -0.3 is 19.5 Å². The molecular weight excluding hydrogens is 358 g/mol. The molecule has 0 aliphatic rings. The van der Waals surface area contributed by atoms with Crippen LogP contribution in [0.2, 0.25) is 5.02 Å². The SMILES string of the molecule is CCOc1ccc(OCC(=O)O[C@@H](C)C(=O)Nc2ccc(Cl)cc2)cc1. The van der Waals surface area contributed by atoms with Gasteiger partial charge in [0, 0.05) is 10.7 Å². The summed E-state index contributed by atoms with van der Waals surface area (Å²) >= 11 is 5.79. The van der Waals surface area contributed by atoms with Crippen molar-refractivity contribution in [2.75, 3.05) is 18.5 Å². The molecule has 0 saturated carbocycles. The predicted octanol–water partition coefficient (Wildman–Crippen LogP) is 3.69. The molecule has 2 aromatic carbocycles. The van der Waals surface area contributed by atoms with Gasteiger partial charge in [0.1, 0.15) is 11.5 Å². The van der Waals surface area contributed by atoms with Gasteiger partial charge >= 0.3 is 5.97 Å². The maximum Gasteiger partial charge on any atom is 0.344 e. The van der Waals surface area contributed by atoms with Crippen LogP contribution in [0.5, 0.6) is 11.5 Å². The number of esters is 1. The molecule has 0 radical (unpaired) electrons. The number of anilines is 1. The Morgan fingerprint density at radius 2 is 1.58 bits per heavy atom. The van der Waals surface area contributed by atoms with E-state index in [2.05, 4.69) is 5.32 Å². The van der Waals surface area contributed by atoms with Crippen molar-refractivity contribution in [2.45, 2.75) is 20.0 Å². The van der Waals surface area contributed by atoms with E-state index in [1.165, 1.54) is 6.92 Å².